The second-order valence-electron chi connectivity index (χ2n) is 6.65. The molecule has 4 rings (SSSR count). The fourth-order valence-corrected chi connectivity index (χ4v) is 5.38. The van der Waals surface area contributed by atoms with Gasteiger partial charge < -0.3 is 9.88 Å². The number of sulfone groups is 1. The number of aryl methyl sites for hydroxylation is 1. The number of imidazole rings is 1. The van der Waals surface area contributed by atoms with Gasteiger partial charge in [-0.1, -0.05) is 11.6 Å². The summed E-state index contributed by atoms with van der Waals surface area (Å²) in [5.74, 6) is 0.523. The van der Waals surface area contributed by atoms with Crippen LogP contribution in [0.4, 0.5) is 0 Å². The summed E-state index contributed by atoms with van der Waals surface area (Å²) in [6, 6.07) is 5.90. The number of halogens is 1. The lowest BCUT2D eigenvalue weighted by Gasteiger charge is -2.26. The molecule has 6 nitrogen and oxygen atoms in total. The van der Waals surface area contributed by atoms with Gasteiger partial charge in [-0.15, -0.1) is 0 Å². The Morgan fingerprint density at radius 1 is 1.28 bits per heavy atom. The highest BCUT2D eigenvalue weighted by Crippen LogP contribution is 2.47. The average Bonchev–Trinajstić information content (AvgIpc) is 3.29. The Balaban J connectivity index is 1.53. The van der Waals surface area contributed by atoms with Crippen LogP contribution in [0.3, 0.4) is 0 Å². The first kappa shape index (κ1) is 16.6. The number of aromatic nitrogens is 2. The molecule has 8 heteroatoms. The molecule has 1 N–H and O–H groups in total. The number of benzene rings is 1. The number of carbonyl (C=O) groups is 1. The van der Waals surface area contributed by atoms with Gasteiger partial charge in [0.25, 0.3) is 0 Å². The van der Waals surface area contributed by atoms with E-state index in [1.54, 1.807) is 6.20 Å². The van der Waals surface area contributed by atoms with E-state index in [0.29, 0.717) is 24.3 Å². The fraction of sp³-hybridized carbons (Fsp3) is 0.412. The topological polar surface area (TPSA) is 81.1 Å². The second kappa shape index (κ2) is 5.85. The number of nitrogens with one attached hydrogen (secondary N) is 1. The first-order chi connectivity index (χ1) is 11.9. The summed E-state index contributed by atoms with van der Waals surface area (Å²) in [6.07, 6.45) is 5.76. The van der Waals surface area contributed by atoms with Crippen molar-refractivity contribution in [2.45, 2.75) is 47.9 Å². The third-order valence-corrected chi connectivity index (χ3v) is 7.81. The molecule has 1 aromatic heterocycles. The normalized spacial score (nSPS) is 21.4. The smallest absolute Gasteiger partial charge is 0.242 e. The minimum Gasteiger partial charge on any atom is -0.351 e. The van der Waals surface area contributed by atoms with Gasteiger partial charge in [-0.25, -0.2) is 13.4 Å². The van der Waals surface area contributed by atoms with Gasteiger partial charge in [-0.05, 0) is 43.5 Å². The molecule has 2 aliphatic rings. The van der Waals surface area contributed by atoms with Crippen LogP contribution in [0.15, 0.2) is 41.6 Å². The number of carbonyl (C=O) groups excluding carboxylic acids is 1. The molecule has 2 heterocycles. The number of amides is 1. The largest absolute Gasteiger partial charge is 0.351 e. The standard InChI is InChI=1S/C17H18ClN3O3S/c18-12-1-3-14(4-2-12)25(23,24)17(6-7-17)16(22)20-13-5-9-21-10-8-19-15(21)11-13/h1-4,8,10,13H,5-7,9,11H2,(H,20,22). The monoisotopic (exact) mass is 379 g/mol. The van der Waals surface area contributed by atoms with E-state index in [1.165, 1.54) is 24.3 Å². The van der Waals surface area contributed by atoms with E-state index in [4.69, 9.17) is 11.6 Å². The van der Waals surface area contributed by atoms with Crippen LogP contribution in [0.1, 0.15) is 25.1 Å². The first-order valence-corrected chi connectivity index (χ1v) is 10.1. The first-order valence-electron chi connectivity index (χ1n) is 8.24. The van der Waals surface area contributed by atoms with E-state index in [2.05, 4.69) is 14.9 Å². The van der Waals surface area contributed by atoms with Crippen molar-refractivity contribution in [1.82, 2.24) is 14.9 Å². The van der Waals surface area contributed by atoms with Crippen LogP contribution in [0.25, 0.3) is 0 Å². The number of fused-ring (bicyclic) bond motifs is 1. The summed E-state index contributed by atoms with van der Waals surface area (Å²) in [7, 11) is -3.74. The molecule has 1 atom stereocenters. The summed E-state index contributed by atoms with van der Waals surface area (Å²) >= 11 is 5.83. The van der Waals surface area contributed by atoms with Crippen molar-refractivity contribution in [1.29, 1.82) is 0 Å². The fourth-order valence-electron chi connectivity index (χ4n) is 3.36. The average molecular weight is 380 g/mol. The van der Waals surface area contributed by atoms with Crippen LogP contribution in [0, 0.1) is 0 Å². The SMILES string of the molecule is O=C(NC1CCn2ccnc2C1)C1(S(=O)(=O)c2ccc(Cl)cc2)CC1. The van der Waals surface area contributed by atoms with Crippen LogP contribution >= 0.6 is 11.6 Å². The molecule has 0 bridgehead atoms. The zero-order valence-electron chi connectivity index (χ0n) is 13.5. The van der Waals surface area contributed by atoms with Gasteiger partial charge >= 0.3 is 0 Å². The van der Waals surface area contributed by atoms with Crippen molar-refractivity contribution in [3.05, 3.63) is 47.5 Å². The van der Waals surface area contributed by atoms with Crippen LogP contribution in [-0.2, 0) is 27.6 Å². The quantitative estimate of drug-likeness (QED) is 0.880. The third-order valence-electron chi connectivity index (χ3n) is 5.04. The lowest BCUT2D eigenvalue weighted by Crippen LogP contribution is -2.48. The molecular weight excluding hydrogens is 362 g/mol. The lowest BCUT2D eigenvalue weighted by molar-refractivity contribution is -0.122. The van der Waals surface area contributed by atoms with Gasteiger partial charge in [0, 0.05) is 36.4 Å². The van der Waals surface area contributed by atoms with Gasteiger partial charge in [-0.2, -0.15) is 0 Å². The molecule has 25 heavy (non-hydrogen) atoms. The summed E-state index contributed by atoms with van der Waals surface area (Å²) in [5, 5.41) is 3.41. The molecule has 1 aromatic carbocycles. The molecule has 1 unspecified atom stereocenters. The Labute approximate surface area is 151 Å². The molecular formula is C17H18ClN3O3S. The van der Waals surface area contributed by atoms with Crippen LogP contribution < -0.4 is 5.32 Å². The van der Waals surface area contributed by atoms with E-state index < -0.39 is 20.5 Å². The highest BCUT2D eigenvalue weighted by Gasteiger charge is 2.61. The molecule has 1 fully saturated rings. The summed E-state index contributed by atoms with van der Waals surface area (Å²) < 4.78 is 26.6. The highest BCUT2D eigenvalue weighted by molar-refractivity contribution is 7.94. The zero-order valence-corrected chi connectivity index (χ0v) is 15.1. The van der Waals surface area contributed by atoms with E-state index in [0.717, 1.165) is 18.8 Å². The van der Waals surface area contributed by atoms with Crippen LogP contribution in [0.5, 0.6) is 0 Å². The Bertz CT molecular complexity index is 917. The Hall–Kier alpha value is -1.86. The van der Waals surface area contributed by atoms with Crippen molar-refractivity contribution < 1.29 is 13.2 Å². The second-order valence-corrected chi connectivity index (χ2v) is 9.35. The summed E-state index contributed by atoms with van der Waals surface area (Å²) in [5.41, 5.74) is 0. The van der Waals surface area contributed by atoms with Gasteiger partial charge in [0.15, 0.2) is 14.6 Å². The minimum atomic E-state index is -3.74. The predicted octanol–water partition coefficient (Wildman–Crippen LogP) is 1.97. The van der Waals surface area contributed by atoms with Crippen molar-refractivity contribution in [2.24, 2.45) is 0 Å². The number of nitrogens with zero attached hydrogens (tertiary/aromatic N) is 2. The maximum absolute atomic E-state index is 12.9. The molecule has 1 aliphatic heterocycles. The Morgan fingerprint density at radius 2 is 2.00 bits per heavy atom. The molecule has 1 aliphatic carbocycles. The van der Waals surface area contributed by atoms with Crippen molar-refractivity contribution in [2.75, 3.05) is 0 Å². The molecule has 132 valence electrons. The maximum atomic E-state index is 12.9. The number of hydrogen-bond donors (Lipinski definition) is 1. The predicted molar refractivity (Wildman–Crippen MR) is 93.1 cm³/mol. The highest BCUT2D eigenvalue weighted by atomic mass is 35.5. The Morgan fingerprint density at radius 3 is 2.68 bits per heavy atom. The minimum absolute atomic E-state index is 0.0831. The molecule has 0 saturated heterocycles. The van der Waals surface area contributed by atoms with E-state index in [9.17, 15) is 13.2 Å². The Kier molecular flexibility index (Phi) is 3.88. The third kappa shape index (κ3) is 2.75. The van der Waals surface area contributed by atoms with Gasteiger partial charge in [0.05, 0.1) is 4.90 Å². The lowest BCUT2D eigenvalue weighted by atomic mass is 10.1. The molecule has 0 spiro atoms. The van der Waals surface area contributed by atoms with Crippen molar-refractivity contribution in [3.8, 4) is 0 Å². The van der Waals surface area contributed by atoms with Gasteiger partial charge in [-0.3, -0.25) is 4.79 Å². The van der Waals surface area contributed by atoms with E-state index >= 15 is 0 Å². The molecule has 1 saturated carbocycles. The van der Waals surface area contributed by atoms with Crippen LogP contribution in [-0.4, -0.2) is 34.7 Å². The zero-order chi connectivity index (χ0) is 17.7. The molecule has 1 amide bonds. The molecule has 2 aromatic rings. The maximum Gasteiger partial charge on any atom is 0.242 e. The van der Waals surface area contributed by atoms with Gasteiger partial charge in [0.2, 0.25) is 5.91 Å². The van der Waals surface area contributed by atoms with Crippen molar-refractivity contribution in [3.63, 3.8) is 0 Å². The van der Waals surface area contributed by atoms with E-state index in [1.807, 2.05) is 6.20 Å². The summed E-state index contributed by atoms with van der Waals surface area (Å²) in [4.78, 5) is 17.2. The molecule has 0 radical (unpaired) electrons. The van der Waals surface area contributed by atoms with Crippen LogP contribution in [0.2, 0.25) is 5.02 Å². The number of hydrogen-bond acceptors (Lipinski definition) is 4. The number of rotatable bonds is 4. The summed E-state index contributed by atoms with van der Waals surface area (Å²) in [6.45, 7) is 0.775. The van der Waals surface area contributed by atoms with Gasteiger partial charge in [0.1, 0.15) is 5.82 Å². The van der Waals surface area contributed by atoms with Crippen molar-refractivity contribution >= 4 is 27.3 Å². The van der Waals surface area contributed by atoms with E-state index in [-0.39, 0.29) is 10.9 Å².